The zero-order valence-electron chi connectivity index (χ0n) is 26.6. The van der Waals surface area contributed by atoms with E-state index in [0.29, 0.717) is 36.0 Å². The molecule has 48 heavy (non-hydrogen) atoms. The second kappa shape index (κ2) is 12.3. The van der Waals surface area contributed by atoms with Crippen molar-refractivity contribution in [3.8, 4) is 5.69 Å². The van der Waals surface area contributed by atoms with Crippen molar-refractivity contribution in [2.45, 2.75) is 44.9 Å². The molecular weight excluding hydrogens is 617 g/mol. The van der Waals surface area contributed by atoms with Crippen molar-refractivity contribution in [1.29, 1.82) is 0 Å². The largest absolute Gasteiger partial charge is 0.392 e. The van der Waals surface area contributed by atoms with Gasteiger partial charge in [-0.05, 0) is 43.5 Å². The zero-order chi connectivity index (χ0) is 32.9. The van der Waals surface area contributed by atoms with Gasteiger partial charge < -0.3 is 35.3 Å². The summed E-state index contributed by atoms with van der Waals surface area (Å²) < 4.78 is 24.2. The van der Waals surface area contributed by atoms with Gasteiger partial charge in [0, 0.05) is 74.9 Å². The lowest BCUT2D eigenvalue weighted by molar-refractivity contribution is -0.0660. The molecule has 1 aromatic carbocycles. The highest BCUT2D eigenvalue weighted by molar-refractivity contribution is 6.09. The first-order chi connectivity index (χ1) is 23.4. The van der Waals surface area contributed by atoms with Crippen LogP contribution in [0.3, 0.4) is 0 Å². The first-order valence-electron chi connectivity index (χ1n) is 16.5. The number of rotatable bonds is 8. The average Bonchev–Trinajstić information content (AvgIpc) is 3.67. The van der Waals surface area contributed by atoms with Crippen molar-refractivity contribution in [2.75, 3.05) is 61.1 Å². The van der Waals surface area contributed by atoms with Gasteiger partial charge in [0.25, 0.3) is 11.8 Å². The number of aromatic nitrogens is 4. The third-order valence-electron chi connectivity index (χ3n) is 10.1. The van der Waals surface area contributed by atoms with E-state index in [2.05, 4.69) is 29.8 Å². The number of aliphatic hydroxyl groups is 1. The molecule has 3 aromatic heterocycles. The Morgan fingerprint density at radius 2 is 1.85 bits per heavy atom. The number of carbonyl (C=O) groups is 2. The Balaban J connectivity index is 1.05. The molecule has 0 aliphatic carbocycles. The molecule has 13 nitrogen and oxygen atoms in total. The highest BCUT2D eigenvalue weighted by Crippen LogP contribution is 2.35. The number of piperazine rings is 1. The minimum Gasteiger partial charge on any atom is -0.392 e. The summed E-state index contributed by atoms with van der Waals surface area (Å²) in [6, 6.07) is 8.73. The number of primary amides is 1. The molecule has 2 saturated heterocycles. The Labute approximate surface area is 276 Å². The minimum absolute atomic E-state index is 0.0600. The summed E-state index contributed by atoms with van der Waals surface area (Å²) in [4.78, 5) is 37.1. The summed E-state index contributed by atoms with van der Waals surface area (Å²) >= 11 is 0. The van der Waals surface area contributed by atoms with E-state index in [1.807, 2.05) is 12.1 Å². The summed E-state index contributed by atoms with van der Waals surface area (Å²) in [6.45, 7) is 6.08. The second-order valence-electron chi connectivity index (χ2n) is 12.8. The topological polar surface area (TPSA) is 147 Å². The molecular formula is C34H38FN9O4. The van der Waals surface area contributed by atoms with Crippen LogP contribution in [-0.2, 0) is 30.7 Å². The Morgan fingerprint density at radius 1 is 1.04 bits per heavy atom. The summed E-state index contributed by atoms with van der Waals surface area (Å²) in [7, 11) is 0. The molecule has 0 radical (unpaired) electrons. The van der Waals surface area contributed by atoms with Gasteiger partial charge in [-0.2, -0.15) is 0 Å². The Bertz CT molecular complexity index is 1880. The molecule has 4 aromatic rings. The van der Waals surface area contributed by atoms with E-state index >= 15 is 4.39 Å². The number of hydrogen-bond acceptors (Lipinski definition) is 9. The third kappa shape index (κ3) is 5.39. The summed E-state index contributed by atoms with van der Waals surface area (Å²) in [5, 5.41) is 18.2. The number of nitrogens with two attached hydrogens (primary N) is 1. The van der Waals surface area contributed by atoms with E-state index in [0.717, 1.165) is 82.3 Å². The van der Waals surface area contributed by atoms with E-state index in [1.54, 1.807) is 12.3 Å². The molecule has 0 unspecified atom stereocenters. The van der Waals surface area contributed by atoms with Crippen LogP contribution in [0.5, 0.6) is 0 Å². The van der Waals surface area contributed by atoms with Crippen molar-refractivity contribution >= 4 is 34.8 Å². The van der Waals surface area contributed by atoms with Crippen LogP contribution >= 0.6 is 0 Å². The average molecular weight is 656 g/mol. The van der Waals surface area contributed by atoms with E-state index in [-0.39, 0.29) is 28.7 Å². The number of aryl methyl sites for hydroxylation is 1. The van der Waals surface area contributed by atoms with Crippen LogP contribution in [0.25, 0.3) is 5.69 Å². The fraction of sp³-hybridized carbons (Fsp3) is 0.412. The van der Waals surface area contributed by atoms with Gasteiger partial charge in [0.2, 0.25) is 0 Å². The Hall–Kier alpha value is -4.79. The van der Waals surface area contributed by atoms with Crippen LogP contribution in [0.4, 0.5) is 27.4 Å². The second-order valence-corrected chi connectivity index (χ2v) is 12.8. The number of carbonyl (C=O) groups excluding carboxylic acids is 2. The SMILES string of the molecule is NC(=O)c1cn(-c2cc(F)cc(N3CCc4c(cc5n4CCCC5)C3=O)c2CO)nc1Nc1ccc(N2CCN(C3COC3)CC2)cn1. The van der Waals surface area contributed by atoms with E-state index in [1.165, 1.54) is 27.9 Å². The van der Waals surface area contributed by atoms with Gasteiger partial charge in [-0.3, -0.25) is 14.5 Å². The molecule has 4 aliphatic rings. The maximum Gasteiger partial charge on any atom is 0.260 e. The predicted molar refractivity (Wildman–Crippen MR) is 177 cm³/mol. The van der Waals surface area contributed by atoms with Gasteiger partial charge in [0.1, 0.15) is 17.2 Å². The van der Waals surface area contributed by atoms with Crippen molar-refractivity contribution < 1.29 is 23.8 Å². The lowest BCUT2D eigenvalue weighted by atomic mass is 10.0. The number of nitrogens with one attached hydrogen (secondary N) is 1. The smallest absolute Gasteiger partial charge is 0.260 e. The van der Waals surface area contributed by atoms with Crippen LogP contribution in [0.1, 0.15) is 50.5 Å². The van der Waals surface area contributed by atoms with Crippen molar-refractivity contribution in [3.05, 3.63) is 76.6 Å². The Morgan fingerprint density at radius 3 is 2.56 bits per heavy atom. The van der Waals surface area contributed by atoms with Gasteiger partial charge in [-0.1, -0.05) is 0 Å². The van der Waals surface area contributed by atoms with Crippen LogP contribution in [-0.4, -0.2) is 93.1 Å². The number of benzene rings is 1. The van der Waals surface area contributed by atoms with Gasteiger partial charge in [0.15, 0.2) is 5.82 Å². The van der Waals surface area contributed by atoms with Crippen LogP contribution in [0, 0.1) is 5.82 Å². The van der Waals surface area contributed by atoms with Gasteiger partial charge in [0.05, 0.1) is 54.7 Å². The number of halogens is 1. The molecule has 0 spiro atoms. The van der Waals surface area contributed by atoms with E-state index in [9.17, 15) is 14.7 Å². The summed E-state index contributed by atoms with van der Waals surface area (Å²) in [6.07, 6.45) is 6.89. The number of nitrogens with zero attached hydrogens (tertiary/aromatic N) is 7. The number of ether oxygens (including phenoxy) is 1. The highest BCUT2D eigenvalue weighted by Gasteiger charge is 2.33. The molecule has 4 aliphatic heterocycles. The monoisotopic (exact) mass is 655 g/mol. The lowest BCUT2D eigenvalue weighted by Crippen LogP contribution is -2.56. The molecule has 8 rings (SSSR count). The molecule has 4 N–H and O–H groups in total. The third-order valence-corrected chi connectivity index (χ3v) is 10.1. The molecule has 0 bridgehead atoms. The van der Waals surface area contributed by atoms with Gasteiger partial charge >= 0.3 is 0 Å². The van der Waals surface area contributed by atoms with E-state index in [4.69, 9.17) is 10.5 Å². The van der Waals surface area contributed by atoms with Crippen molar-refractivity contribution in [2.24, 2.45) is 5.73 Å². The van der Waals surface area contributed by atoms with Crippen molar-refractivity contribution in [3.63, 3.8) is 0 Å². The van der Waals surface area contributed by atoms with Gasteiger partial charge in [-0.25, -0.2) is 14.1 Å². The molecule has 7 heterocycles. The fourth-order valence-electron chi connectivity index (χ4n) is 7.39. The quantitative estimate of drug-likeness (QED) is 0.261. The lowest BCUT2D eigenvalue weighted by Gasteiger charge is -2.43. The molecule has 250 valence electrons. The van der Waals surface area contributed by atoms with Crippen LogP contribution in [0.15, 0.2) is 42.7 Å². The predicted octanol–water partition coefficient (Wildman–Crippen LogP) is 2.60. The highest BCUT2D eigenvalue weighted by atomic mass is 19.1. The van der Waals surface area contributed by atoms with Crippen molar-refractivity contribution in [1.82, 2.24) is 24.2 Å². The summed E-state index contributed by atoms with van der Waals surface area (Å²) in [5.41, 5.74) is 10.3. The van der Waals surface area contributed by atoms with Crippen LogP contribution < -0.4 is 20.9 Å². The molecule has 2 fully saturated rings. The standard InChI is InChI=1S/C34H38FN9O4/c35-21-13-29(43-8-6-28-25(34(43)47)15-22-3-1-2-7-42(22)28)27(18-45)30(14-21)44-17-26(32(36)46)33(39-44)38-31-5-4-23(16-37-31)40-9-11-41(12-10-40)24-19-48-20-24/h4-5,13-17,24,45H,1-3,6-12,18-20H2,(H2,36,46)(H,37,38,39). The summed E-state index contributed by atoms with van der Waals surface area (Å²) in [5.74, 6) is -1.00. The number of pyridine rings is 1. The Kier molecular flexibility index (Phi) is 7.85. The fourth-order valence-corrected chi connectivity index (χ4v) is 7.39. The first-order valence-corrected chi connectivity index (χ1v) is 16.5. The maximum absolute atomic E-state index is 15.3. The number of anilines is 4. The van der Waals surface area contributed by atoms with Gasteiger partial charge in [-0.15, -0.1) is 5.10 Å². The first kappa shape index (κ1) is 30.5. The molecule has 0 atom stereocenters. The molecule has 2 amide bonds. The van der Waals surface area contributed by atoms with E-state index < -0.39 is 18.3 Å². The zero-order valence-corrected chi connectivity index (χ0v) is 26.6. The molecule has 0 saturated carbocycles. The number of aliphatic hydroxyl groups excluding tert-OH is 1. The normalized spacial score (nSPS) is 18.4. The number of fused-ring (bicyclic) bond motifs is 3. The van der Waals surface area contributed by atoms with Crippen LogP contribution in [0.2, 0.25) is 0 Å². The minimum atomic E-state index is -0.742. The number of hydrogen-bond donors (Lipinski definition) is 3. The maximum atomic E-state index is 15.3. The molecule has 14 heteroatoms. The number of amides is 2.